The van der Waals surface area contributed by atoms with E-state index in [0.717, 1.165) is 35.6 Å². The van der Waals surface area contributed by atoms with E-state index in [2.05, 4.69) is 71.5 Å². The first-order valence-corrected chi connectivity index (χ1v) is 13.8. The van der Waals surface area contributed by atoms with E-state index in [0.29, 0.717) is 28.4 Å². The molecule has 1 aliphatic rings. The first-order valence-electron chi connectivity index (χ1n) is 13.8. The maximum atomic E-state index is 16.2. The van der Waals surface area contributed by atoms with Crippen LogP contribution in [0.2, 0.25) is 0 Å². The molecule has 0 fully saturated rings. The number of aliphatic imine (C=N–C) groups is 1. The summed E-state index contributed by atoms with van der Waals surface area (Å²) in [5.74, 6) is 0.437. The Morgan fingerprint density at radius 1 is 1.08 bits per heavy atom. The normalized spacial score (nSPS) is 14.9. The van der Waals surface area contributed by atoms with Crippen molar-refractivity contribution in [1.29, 1.82) is 0 Å². The van der Waals surface area contributed by atoms with Gasteiger partial charge in [-0.25, -0.2) is 9.38 Å². The molecule has 0 amide bonds. The van der Waals surface area contributed by atoms with Gasteiger partial charge in [-0.05, 0) is 62.7 Å². The van der Waals surface area contributed by atoms with Crippen molar-refractivity contribution in [2.45, 2.75) is 95.1 Å². The highest BCUT2D eigenvalue weighted by Crippen LogP contribution is 2.43. The lowest BCUT2D eigenvalue weighted by molar-refractivity contribution is 0.200. The lowest BCUT2D eigenvalue weighted by atomic mass is 9.88. The third-order valence-electron chi connectivity index (χ3n) is 6.44. The smallest absolute Gasteiger partial charge is 0.147 e. The van der Waals surface area contributed by atoms with Crippen molar-refractivity contribution < 1.29 is 9.13 Å². The van der Waals surface area contributed by atoms with Crippen molar-refractivity contribution in [3.05, 3.63) is 71.1 Å². The highest BCUT2D eigenvalue weighted by atomic mass is 19.1. The van der Waals surface area contributed by atoms with Gasteiger partial charge in [0.1, 0.15) is 17.4 Å². The molecule has 5 nitrogen and oxygen atoms in total. The molecule has 1 aliphatic heterocycles. The lowest BCUT2D eigenvalue weighted by Gasteiger charge is -2.39. The molecule has 0 aromatic heterocycles. The molecule has 1 heterocycles. The number of allylic oxidation sites excluding steroid dienone is 2. The summed E-state index contributed by atoms with van der Waals surface area (Å²) in [6.07, 6.45) is 3.37. The summed E-state index contributed by atoms with van der Waals surface area (Å²) in [5, 5.41) is 0. The second kappa shape index (κ2) is 12.0. The van der Waals surface area contributed by atoms with Crippen LogP contribution in [0.1, 0.15) is 98.8 Å². The Kier molecular flexibility index (Phi) is 9.92. The Hall–Kier alpha value is -3.02. The van der Waals surface area contributed by atoms with E-state index < -0.39 is 0 Å². The molecule has 2 rings (SSSR count). The summed E-state index contributed by atoms with van der Waals surface area (Å²) < 4.78 is 22.6. The van der Waals surface area contributed by atoms with Crippen LogP contribution in [0.5, 0.6) is 5.75 Å². The molecule has 0 radical (unpaired) electrons. The molecular weight excluding hydrogens is 487 g/mol. The summed E-state index contributed by atoms with van der Waals surface area (Å²) in [6.45, 7) is 35.3. The second-order valence-electron chi connectivity index (χ2n) is 13.6. The van der Waals surface area contributed by atoms with Crippen LogP contribution in [-0.2, 0) is 0 Å². The van der Waals surface area contributed by atoms with Crippen LogP contribution in [0.4, 0.5) is 4.39 Å². The van der Waals surface area contributed by atoms with Gasteiger partial charge in [0.25, 0.3) is 0 Å². The monoisotopic (exact) mass is 538 g/mol. The van der Waals surface area contributed by atoms with Gasteiger partial charge in [-0.1, -0.05) is 61.6 Å². The maximum Gasteiger partial charge on any atom is 0.147 e. The van der Waals surface area contributed by atoms with Gasteiger partial charge in [0, 0.05) is 48.4 Å². The molecule has 1 unspecified atom stereocenters. The average Bonchev–Trinajstić information content (AvgIpc) is 2.77. The molecule has 0 aliphatic carbocycles. The number of amidine groups is 1. The van der Waals surface area contributed by atoms with E-state index in [1.165, 1.54) is 0 Å². The van der Waals surface area contributed by atoms with Crippen LogP contribution >= 0.6 is 0 Å². The number of hydrogen-bond donors (Lipinski definition) is 1. The predicted molar refractivity (Wildman–Crippen MR) is 165 cm³/mol. The molecule has 2 N–H and O–H groups in total. The van der Waals surface area contributed by atoms with Crippen molar-refractivity contribution in [3.63, 3.8) is 0 Å². The number of rotatable bonds is 9. The largest absolute Gasteiger partial charge is 0.490 e. The second-order valence-corrected chi connectivity index (χ2v) is 13.6. The summed E-state index contributed by atoms with van der Waals surface area (Å²) in [7, 11) is 0. The van der Waals surface area contributed by atoms with Crippen LogP contribution in [0.15, 0.2) is 53.6 Å². The third kappa shape index (κ3) is 8.00. The SMILES string of the molecule is C=C(c1c(F)c(C)cc(C(C)C(=C)N2C=CN=C(N)C2=C(C)C)c1OC(C)C)N(CC(C)(C)C)CC(C)(C)C. The van der Waals surface area contributed by atoms with Crippen LogP contribution in [0.3, 0.4) is 0 Å². The molecule has 39 heavy (non-hydrogen) atoms. The van der Waals surface area contributed by atoms with Gasteiger partial charge in [0.15, 0.2) is 0 Å². The van der Waals surface area contributed by atoms with Crippen molar-refractivity contribution in [3.8, 4) is 5.75 Å². The summed E-state index contributed by atoms with van der Waals surface area (Å²) in [4.78, 5) is 8.46. The molecule has 1 atom stereocenters. The fraction of sp³-hybridized carbons (Fsp3) is 0.545. The minimum absolute atomic E-state index is 0.0131. The van der Waals surface area contributed by atoms with Crippen LogP contribution in [0, 0.1) is 23.6 Å². The number of halogens is 1. The first kappa shape index (κ1) is 32.2. The minimum atomic E-state index is -0.302. The zero-order chi connectivity index (χ0) is 30.0. The van der Waals surface area contributed by atoms with E-state index in [-0.39, 0.29) is 28.7 Å². The van der Waals surface area contributed by atoms with Gasteiger partial charge >= 0.3 is 0 Å². The maximum absolute atomic E-state index is 16.2. The standard InChI is InChI=1S/C33H51FN4O/c1-20(2)29-31(35)36-15-16-38(29)24(7)23(6)26-17-22(5)28(34)27(30(26)39-21(3)4)25(8)37(18-32(9,10)11)19-33(12,13)14/h15-17,21,23H,7-8,18-19H2,1-6,9-14H3,(H2,35,36). The van der Waals surface area contributed by atoms with Gasteiger partial charge < -0.3 is 20.3 Å². The van der Waals surface area contributed by atoms with E-state index in [9.17, 15) is 0 Å². The van der Waals surface area contributed by atoms with Gasteiger partial charge in [-0.2, -0.15) is 0 Å². The van der Waals surface area contributed by atoms with E-state index in [1.807, 2.05) is 44.9 Å². The van der Waals surface area contributed by atoms with Crippen molar-refractivity contribution in [1.82, 2.24) is 9.80 Å². The molecular formula is C33H51FN4O. The van der Waals surface area contributed by atoms with Crippen LogP contribution in [-0.4, -0.2) is 34.8 Å². The van der Waals surface area contributed by atoms with Gasteiger partial charge in [0.05, 0.1) is 17.4 Å². The Bertz CT molecular complexity index is 1170. The third-order valence-corrected chi connectivity index (χ3v) is 6.44. The molecule has 0 spiro atoms. The van der Waals surface area contributed by atoms with Crippen molar-refractivity contribution in [2.24, 2.45) is 21.6 Å². The molecule has 1 aromatic carbocycles. The number of aryl methyl sites for hydroxylation is 1. The number of benzene rings is 1. The Morgan fingerprint density at radius 3 is 2.08 bits per heavy atom. The highest BCUT2D eigenvalue weighted by molar-refractivity contribution is 5.98. The van der Waals surface area contributed by atoms with E-state index in [1.54, 1.807) is 13.1 Å². The Morgan fingerprint density at radius 2 is 1.62 bits per heavy atom. The molecule has 6 heteroatoms. The first-order chi connectivity index (χ1) is 17.7. The average molecular weight is 539 g/mol. The molecule has 1 aromatic rings. The van der Waals surface area contributed by atoms with Gasteiger partial charge in [-0.3, -0.25) is 0 Å². The van der Waals surface area contributed by atoms with E-state index in [4.69, 9.17) is 10.5 Å². The fourth-order valence-electron chi connectivity index (χ4n) is 4.86. The van der Waals surface area contributed by atoms with Crippen molar-refractivity contribution >= 4 is 11.5 Å². The summed E-state index contributed by atoms with van der Waals surface area (Å²) in [6, 6.07) is 1.88. The Balaban J connectivity index is 2.75. The Labute approximate surface area is 237 Å². The quantitative estimate of drug-likeness (QED) is 0.343. The minimum Gasteiger partial charge on any atom is -0.490 e. The van der Waals surface area contributed by atoms with Gasteiger partial charge in [-0.15, -0.1) is 0 Å². The summed E-state index contributed by atoms with van der Waals surface area (Å²) >= 11 is 0. The summed E-state index contributed by atoms with van der Waals surface area (Å²) in [5.41, 5.74) is 11.3. The number of ether oxygens (including phenoxy) is 1. The number of hydrogen-bond acceptors (Lipinski definition) is 5. The van der Waals surface area contributed by atoms with Crippen LogP contribution < -0.4 is 10.5 Å². The number of nitrogens with zero attached hydrogens (tertiary/aromatic N) is 3. The topological polar surface area (TPSA) is 54.1 Å². The predicted octanol–water partition coefficient (Wildman–Crippen LogP) is 8.34. The van der Waals surface area contributed by atoms with Gasteiger partial charge in [0.2, 0.25) is 0 Å². The molecule has 0 saturated carbocycles. The zero-order valence-corrected chi connectivity index (χ0v) is 26.4. The number of nitrogens with two attached hydrogens (primary N) is 1. The van der Waals surface area contributed by atoms with Crippen molar-refractivity contribution in [2.75, 3.05) is 13.1 Å². The molecule has 216 valence electrons. The fourth-order valence-corrected chi connectivity index (χ4v) is 4.86. The van der Waals surface area contributed by atoms with E-state index >= 15 is 4.39 Å². The lowest BCUT2D eigenvalue weighted by Crippen LogP contribution is -2.37. The molecule has 0 bridgehead atoms. The highest BCUT2D eigenvalue weighted by Gasteiger charge is 2.31. The van der Waals surface area contributed by atoms with Crippen LogP contribution in [0.25, 0.3) is 5.70 Å². The zero-order valence-electron chi connectivity index (χ0n) is 26.4. The molecule has 0 saturated heterocycles.